The van der Waals surface area contributed by atoms with E-state index >= 15 is 0 Å². The molecule has 4 rings (SSSR count). The maximum Gasteiger partial charge on any atom is 0.269 e. The van der Waals surface area contributed by atoms with E-state index in [0.717, 1.165) is 11.1 Å². The lowest BCUT2D eigenvalue weighted by Crippen LogP contribution is -2.30. The van der Waals surface area contributed by atoms with E-state index in [0.29, 0.717) is 17.8 Å². The number of thioether (sulfide) groups is 1. The van der Waals surface area contributed by atoms with Crippen molar-refractivity contribution in [1.29, 1.82) is 5.26 Å². The predicted octanol–water partition coefficient (Wildman–Crippen LogP) is 5.20. The Morgan fingerprint density at radius 1 is 1.06 bits per heavy atom. The number of hydrogen-bond donors (Lipinski definition) is 1. The van der Waals surface area contributed by atoms with E-state index in [9.17, 15) is 19.2 Å². The first kappa shape index (κ1) is 22.3. The van der Waals surface area contributed by atoms with E-state index in [-0.39, 0.29) is 16.5 Å². The largest absolute Gasteiger partial charge is 0.321 e. The van der Waals surface area contributed by atoms with Gasteiger partial charge in [-0.25, -0.2) is 4.39 Å². The van der Waals surface area contributed by atoms with Gasteiger partial charge in [0.15, 0.2) is 0 Å². The normalized spacial score (nSPS) is 16.9. The molecule has 1 unspecified atom stereocenters. The minimum absolute atomic E-state index is 0.172. The third-order valence-corrected chi connectivity index (χ3v) is 6.43. The van der Waals surface area contributed by atoms with E-state index in [2.05, 4.69) is 5.32 Å². The van der Waals surface area contributed by atoms with Crippen molar-refractivity contribution >= 4 is 35.0 Å². The summed E-state index contributed by atoms with van der Waals surface area (Å²) in [5.74, 6) is -1.31. The molecule has 1 heterocycles. The zero-order valence-corrected chi connectivity index (χ0v) is 18.6. The van der Waals surface area contributed by atoms with Crippen LogP contribution in [0.15, 0.2) is 89.5 Å². The molecular weight excluding hydrogens is 437 g/mol. The molecule has 5 nitrogen and oxygen atoms in total. The Kier molecular flexibility index (Phi) is 6.57. The fraction of sp³-hybridized carbons (Fsp3) is 0.115. The Balaban J connectivity index is 1.72. The van der Waals surface area contributed by atoms with Gasteiger partial charge in [0.2, 0.25) is 5.91 Å². The number of amides is 2. The van der Waals surface area contributed by atoms with Gasteiger partial charge in [-0.3, -0.25) is 14.5 Å². The van der Waals surface area contributed by atoms with Gasteiger partial charge in [0.05, 0.1) is 5.25 Å². The number of rotatable bonds is 5. The van der Waals surface area contributed by atoms with E-state index in [1.54, 1.807) is 12.1 Å². The molecule has 164 valence electrons. The molecule has 7 heteroatoms. The van der Waals surface area contributed by atoms with Crippen LogP contribution in [0.2, 0.25) is 0 Å². The number of halogens is 1. The summed E-state index contributed by atoms with van der Waals surface area (Å²) in [5, 5.41) is 12.3. The van der Waals surface area contributed by atoms with Crippen LogP contribution in [-0.2, 0) is 16.0 Å². The monoisotopic (exact) mass is 457 g/mol. The van der Waals surface area contributed by atoms with E-state index in [1.165, 1.54) is 40.9 Å². The first-order valence-corrected chi connectivity index (χ1v) is 11.2. The standard InChI is InChI=1S/C26H20FN3O2S/c1-17-7-11-20(12-8-17)29-24(31)22(16-28)26-30(21-13-9-19(27)10-14-21)25(32)23(33-26)15-18-5-3-2-4-6-18/h2-14,23H,15H2,1H3,(H,29,31). The molecule has 0 aromatic heterocycles. The first-order chi connectivity index (χ1) is 16.0. The maximum absolute atomic E-state index is 13.5. The highest BCUT2D eigenvalue weighted by atomic mass is 32.2. The second-order valence-corrected chi connectivity index (χ2v) is 8.75. The highest BCUT2D eigenvalue weighted by molar-refractivity contribution is 8.05. The van der Waals surface area contributed by atoms with E-state index in [1.807, 2.05) is 55.5 Å². The van der Waals surface area contributed by atoms with Crippen molar-refractivity contribution in [3.05, 3.63) is 106 Å². The quantitative estimate of drug-likeness (QED) is 0.422. The van der Waals surface area contributed by atoms with Crippen molar-refractivity contribution in [1.82, 2.24) is 0 Å². The molecular formula is C26H20FN3O2S. The van der Waals surface area contributed by atoms with Crippen LogP contribution in [-0.4, -0.2) is 17.1 Å². The van der Waals surface area contributed by atoms with Crippen LogP contribution >= 0.6 is 11.8 Å². The molecule has 0 radical (unpaired) electrons. The molecule has 3 aromatic rings. The predicted molar refractivity (Wildman–Crippen MR) is 128 cm³/mol. The molecule has 0 saturated carbocycles. The fourth-order valence-electron chi connectivity index (χ4n) is 3.47. The van der Waals surface area contributed by atoms with Gasteiger partial charge in [-0.2, -0.15) is 5.26 Å². The van der Waals surface area contributed by atoms with E-state index in [4.69, 9.17) is 0 Å². The number of hydrogen-bond acceptors (Lipinski definition) is 4. The number of anilines is 2. The third-order valence-electron chi connectivity index (χ3n) is 5.16. The number of carbonyl (C=O) groups excluding carboxylic acids is 2. The van der Waals surface area contributed by atoms with Crippen molar-refractivity contribution in [2.75, 3.05) is 10.2 Å². The average Bonchev–Trinajstić information content (AvgIpc) is 3.12. The van der Waals surface area contributed by atoms with Crippen molar-refractivity contribution in [2.45, 2.75) is 18.6 Å². The zero-order valence-electron chi connectivity index (χ0n) is 17.8. The van der Waals surface area contributed by atoms with Gasteiger partial charge in [0.1, 0.15) is 22.5 Å². The minimum Gasteiger partial charge on any atom is -0.321 e. The van der Waals surface area contributed by atoms with Gasteiger partial charge >= 0.3 is 0 Å². The molecule has 1 saturated heterocycles. The van der Waals surface area contributed by atoms with Gasteiger partial charge < -0.3 is 5.32 Å². The second-order valence-electron chi connectivity index (χ2n) is 7.56. The van der Waals surface area contributed by atoms with E-state index < -0.39 is 17.0 Å². The summed E-state index contributed by atoms with van der Waals surface area (Å²) >= 11 is 1.17. The molecule has 33 heavy (non-hydrogen) atoms. The third kappa shape index (κ3) is 4.97. The van der Waals surface area contributed by atoms with Crippen LogP contribution in [0.5, 0.6) is 0 Å². The number of aryl methyl sites for hydroxylation is 1. The van der Waals surface area contributed by atoms with Gasteiger partial charge in [-0.15, -0.1) is 0 Å². The van der Waals surface area contributed by atoms with Gasteiger partial charge in [0, 0.05) is 11.4 Å². The average molecular weight is 458 g/mol. The number of nitriles is 1. The zero-order chi connectivity index (χ0) is 23.4. The SMILES string of the molecule is Cc1ccc(NC(=O)C(C#N)=C2SC(Cc3ccccc3)C(=O)N2c2ccc(F)cc2)cc1. The molecule has 0 bridgehead atoms. The molecule has 2 amide bonds. The summed E-state index contributed by atoms with van der Waals surface area (Å²) < 4.78 is 13.5. The lowest BCUT2D eigenvalue weighted by molar-refractivity contribution is -0.117. The highest BCUT2D eigenvalue weighted by Crippen LogP contribution is 2.42. The number of benzene rings is 3. The summed E-state index contributed by atoms with van der Waals surface area (Å²) in [4.78, 5) is 27.7. The van der Waals surface area contributed by atoms with Crippen molar-refractivity contribution in [3.63, 3.8) is 0 Å². The van der Waals surface area contributed by atoms with Crippen LogP contribution in [0.3, 0.4) is 0 Å². The lowest BCUT2D eigenvalue weighted by atomic mass is 10.1. The summed E-state index contributed by atoms with van der Waals surface area (Å²) in [5.41, 5.74) is 2.77. The van der Waals surface area contributed by atoms with Gasteiger partial charge in [-0.1, -0.05) is 59.8 Å². The van der Waals surface area contributed by atoms with Crippen LogP contribution < -0.4 is 10.2 Å². The topological polar surface area (TPSA) is 73.2 Å². The number of nitrogens with one attached hydrogen (secondary N) is 1. The van der Waals surface area contributed by atoms with Crippen molar-refractivity contribution in [2.24, 2.45) is 0 Å². The molecule has 1 atom stereocenters. The van der Waals surface area contributed by atoms with Crippen LogP contribution in [0.25, 0.3) is 0 Å². The highest BCUT2D eigenvalue weighted by Gasteiger charge is 2.40. The Morgan fingerprint density at radius 3 is 2.36 bits per heavy atom. The summed E-state index contributed by atoms with van der Waals surface area (Å²) in [6.07, 6.45) is 0.434. The lowest BCUT2D eigenvalue weighted by Gasteiger charge is -2.18. The molecule has 1 aliphatic rings. The fourth-order valence-corrected chi connectivity index (χ4v) is 4.78. The van der Waals surface area contributed by atoms with Gasteiger partial charge in [0.25, 0.3) is 5.91 Å². The van der Waals surface area contributed by atoms with Gasteiger partial charge in [-0.05, 0) is 55.3 Å². The molecule has 3 aromatic carbocycles. The second kappa shape index (κ2) is 9.72. The van der Waals surface area contributed by atoms with Crippen LogP contribution in [0, 0.1) is 24.1 Å². The van der Waals surface area contributed by atoms with Crippen LogP contribution in [0.4, 0.5) is 15.8 Å². The summed E-state index contributed by atoms with van der Waals surface area (Å²) in [7, 11) is 0. The van der Waals surface area contributed by atoms with Crippen LogP contribution in [0.1, 0.15) is 11.1 Å². The Hall–Kier alpha value is -3.89. The Morgan fingerprint density at radius 2 is 1.73 bits per heavy atom. The Bertz CT molecular complexity index is 1250. The summed E-state index contributed by atoms with van der Waals surface area (Å²) in [6, 6.07) is 24.1. The minimum atomic E-state index is -0.607. The molecule has 1 fully saturated rings. The molecule has 0 aliphatic carbocycles. The number of nitrogens with zero attached hydrogens (tertiary/aromatic N) is 2. The molecule has 1 aliphatic heterocycles. The molecule has 0 spiro atoms. The van der Waals surface area contributed by atoms with Crippen molar-refractivity contribution in [3.8, 4) is 6.07 Å². The maximum atomic E-state index is 13.5. The summed E-state index contributed by atoms with van der Waals surface area (Å²) in [6.45, 7) is 1.93. The molecule has 1 N–H and O–H groups in total. The van der Waals surface area contributed by atoms with Crippen molar-refractivity contribution < 1.29 is 14.0 Å². The first-order valence-electron chi connectivity index (χ1n) is 10.3. The Labute approximate surface area is 195 Å². The smallest absolute Gasteiger partial charge is 0.269 e. The number of carbonyl (C=O) groups is 2.